The van der Waals surface area contributed by atoms with Gasteiger partial charge >= 0.3 is 0 Å². The summed E-state index contributed by atoms with van der Waals surface area (Å²) in [6, 6.07) is 19.6. The molecule has 0 bridgehead atoms. The number of nitrogens with zero attached hydrogens (tertiary/aromatic N) is 2. The minimum Gasteiger partial charge on any atom is -0.497 e. The van der Waals surface area contributed by atoms with Gasteiger partial charge < -0.3 is 10.1 Å². The maximum absolute atomic E-state index is 12.8. The Bertz CT molecular complexity index is 1300. The normalized spacial score (nSPS) is 11.8. The Balaban J connectivity index is 1.93. The van der Waals surface area contributed by atoms with Gasteiger partial charge in [-0.2, -0.15) is 8.42 Å². The summed E-state index contributed by atoms with van der Waals surface area (Å²) in [7, 11) is -2.70. The van der Waals surface area contributed by atoms with Gasteiger partial charge in [0.05, 0.1) is 16.9 Å². The predicted molar refractivity (Wildman–Crippen MR) is 124 cm³/mol. The molecule has 3 rings (SSSR count). The van der Waals surface area contributed by atoms with Crippen molar-refractivity contribution in [1.29, 1.82) is 0 Å². The summed E-state index contributed by atoms with van der Waals surface area (Å²) in [5.41, 5.74) is 0.686. The smallest absolute Gasteiger partial charge is 0.284 e. The van der Waals surface area contributed by atoms with Crippen molar-refractivity contribution in [3.05, 3.63) is 106 Å². The molecule has 0 spiro atoms. The minimum absolute atomic E-state index is 0.0847. The Morgan fingerprint density at radius 2 is 1.64 bits per heavy atom. The summed E-state index contributed by atoms with van der Waals surface area (Å²) in [4.78, 5) is 22.8. The van der Waals surface area contributed by atoms with Crippen molar-refractivity contribution in [2.75, 3.05) is 7.11 Å². The third kappa shape index (κ3) is 6.34. The molecule has 0 saturated heterocycles. The predicted octanol–water partition coefficient (Wildman–Crippen LogP) is 3.83. The number of nitro benzene ring substituents is 1. The molecule has 1 N–H and O–H groups in total. The van der Waals surface area contributed by atoms with Crippen molar-refractivity contribution < 1.29 is 22.9 Å². The fourth-order valence-corrected chi connectivity index (χ4v) is 3.64. The maximum Gasteiger partial charge on any atom is 0.284 e. The Kier molecular flexibility index (Phi) is 7.31. The minimum atomic E-state index is -4.16. The van der Waals surface area contributed by atoms with Crippen molar-refractivity contribution in [3.8, 4) is 5.75 Å². The standard InChI is InChI=1S/C23H19N3O6S/c1-32-20-12-14-21(15-13-20)33(30,31)25-22(16-7-17-5-3-2-4-6-17)24-23(27)18-8-10-19(11-9-18)26(28)29/h2-16H,1H3,(H,24,25,27)/b16-7+. The van der Waals surface area contributed by atoms with Gasteiger partial charge in [-0.25, -0.2) is 0 Å². The van der Waals surface area contributed by atoms with Gasteiger partial charge in [-0.05, 0) is 48.0 Å². The van der Waals surface area contributed by atoms with Crippen LogP contribution in [0.5, 0.6) is 5.75 Å². The molecule has 168 valence electrons. The van der Waals surface area contributed by atoms with Gasteiger partial charge in [-0.1, -0.05) is 36.4 Å². The highest BCUT2D eigenvalue weighted by Gasteiger charge is 2.16. The van der Waals surface area contributed by atoms with E-state index in [0.29, 0.717) is 5.75 Å². The Morgan fingerprint density at radius 1 is 1.00 bits per heavy atom. The molecule has 0 aromatic heterocycles. The second-order valence-corrected chi connectivity index (χ2v) is 8.23. The monoisotopic (exact) mass is 465 g/mol. The van der Waals surface area contributed by atoms with Crippen LogP contribution in [0.1, 0.15) is 15.9 Å². The zero-order valence-electron chi connectivity index (χ0n) is 17.4. The number of amidine groups is 1. The number of ether oxygens (including phenoxy) is 1. The molecular formula is C23H19N3O6S. The number of non-ortho nitro benzene ring substituents is 1. The lowest BCUT2D eigenvalue weighted by molar-refractivity contribution is -0.384. The Hall–Kier alpha value is -4.31. The number of nitrogens with one attached hydrogen (secondary N) is 1. The van der Waals surface area contributed by atoms with Gasteiger partial charge in [-0.3, -0.25) is 14.9 Å². The zero-order valence-corrected chi connectivity index (χ0v) is 18.2. The van der Waals surface area contributed by atoms with E-state index in [-0.39, 0.29) is 22.0 Å². The van der Waals surface area contributed by atoms with Crippen LogP contribution >= 0.6 is 0 Å². The fourth-order valence-electron chi connectivity index (χ4n) is 2.69. The van der Waals surface area contributed by atoms with Crippen LogP contribution in [0.25, 0.3) is 6.08 Å². The fraction of sp³-hybridized carbons (Fsp3) is 0.0435. The molecule has 0 heterocycles. The molecule has 0 radical (unpaired) electrons. The quantitative estimate of drug-likeness (QED) is 0.244. The highest BCUT2D eigenvalue weighted by molar-refractivity contribution is 7.90. The van der Waals surface area contributed by atoms with Crippen molar-refractivity contribution in [2.45, 2.75) is 4.90 Å². The van der Waals surface area contributed by atoms with E-state index in [1.165, 1.54) is 61.7 Å². The van der Waals surface area contributed by atoms with Crippen LogP contribution in [0, 0.1) is 10.1 Å². The first-order valence-electron chi connectivity index (χ1n) is 9.56. The van der Waals surface area contributed by atoms with E-state index in [2.05, 4.69) is 9.71 Å². The molecule has 10 heteroatoms. The van der Waals surface area contributed by atoms with Crippen molar-refractivity contribution in [2.24, 2.45) is 4.40 Å². The van der Waals surface area contributed by atoms with Gasteiger partial charge in [0.25, 0.3) is 21.6 Å². The molecule has 0 aliphatic carbocycles. The van der Waals surface area contributed by atoms with E-state index in [9.17, 15) is 23.3 Å². The van der Waals surface area contributed by atoms with Crippen molar-refractivity contribution >= 4 is 33.5 Å². The maximum atomic E-state index is 12.8. The summed E-state index contributed by atoms with van der Waals surface area (Å²) in [6.07, 6.45) is 2.96. The molecule has 3 aromatic rings. The number of carbonyl (C=O) groups is 1. The van der Waals surface area contributed by atoms with Crippen LogP contribution in [-0.2, 0) is 10.0 Å². The number of hydrogen-bond acceptors (Lipinski definition) is 6. The lowest BCUT2D eigenvalue weighted by atomic mass is 10.2. The summed E-state index contributed by atoms with van der Waals surface area (Å²) in [5.74, 6) is -0.419. The molecule has 0 aliphatic heterocycles. The van der Waals surface area contributed by atoms with E-state index in [0.717, 1.165) is 5.56 Å². The van der Waals surface area contributed by atoms with Crippen LogP contribution in [0.15, 0.2) is 94.2 Å². The summed E-state index contributed by atoms with van der Waals surface area (Å²) in [6.45, 7) is 0. The molecule has 0 saturated carbocycles. The molecule has 9 nitrogen and oxygen atoms in total. The van der Waals surface area contributed by atoms with Crippen LogP contribution in [-0.4, -0.2) is 32.2 Å². The number of sulfonamides is 1. The molecule has 0 atom stereocenters. The van der Waals surface area contributed by atoms with Crippen LogP contribution in [0.2, 0.25) is 0 Å². The number of rotatable bonds is 7. The molecule has 0 aliphatic rings. The second kappa shape index (κ2) is 10.3. The van der Waals surface area contributed by atoms with E-state index in [1.54, 1.807) is 30.3 Å². The molecule has 0 fully saturated rings. The third-order valence-corrected chi connectivity index (χ3v) is 5.70. The van der Waals surface area contributed by atoms with E-state index >= 15 is 0 Å². The molecular weight excluding hydrogens is 446 g/mol. The van der Waals surface area contributed by atoms with Crippen molar-refractivity contribution in [1.82, 2.24) is 5.32 Å². The van der Waals surface area contributed by atoms with Gasteiger partial charge in [0.15, 0.2) is 0 Å². The lowest BCUT2D eigenvalue weighted by Gasteiger charge is -2.07. The number of amides is 1. The van der Waals surface area contributed by atoms with Crippen LogP contribution < -0.4 is 10.1 Å². The van der Waals surface area contributed by atoms with Gasteiger partial charge in [0.1, 0.15) is 11.6 Å². The van der Waals surface area contributed by atoms with E-state index in [1.807, 2.05) is 6.07 Å². The average molecular weight is 465 g/mol. The van der Waals surface area contributed by atoms with Gasteiger partial charge in [0.2, 0.25) is 0 Å². The summed E-state index contributed by atoms with van der Waals surface area (Å²) >= 11 is 0. The van der Waals surface area contributed by atoms with E-state index in [4.69, 9.17) is 4.74 Å². The lowest BCUT2D eigenvalue weighted by Crippen LogP contribution is -2.30. The first-order chi connectivity index (χ1) is 15.8. The number of benzene rings is 3. The van der Waals surface area contributed by atoms with Gasteiger partial charge in [0, 0.05) is 17.7 Å². The average Bonchev–Trinajstić information content (AvgIpc) is 2.83. The Morgan fingerprint density at radius 3 is 2.21 bits per heavy atom. The Labute approximate surface area is 190 Å². The number of nitro groups is 1. The number of carbonyl (C=O) groups excluding carboxylic acids is 1. The first-order valence-corrected chi connectivity index (χ1v) is 11.0. The molecule has 33 heavy (non-hydrogen) atoms. The number of methoxy groups -OCH3 is 1. The zero-order chi connectivity index (χ0) is 23.8. The summed E-state index contributed by atoms with van der Waals surface area (Å²) < 4.78 is 34.4. The molecule has 3 aromatic carbocycles. The summed E-state index contributed by atoms with van der Waals surface area (Å²) in [5, 5.41) is 13.3. The van der Waals surface area contributed by atoms with Crippen LogP contribution in [0.3, 0.4) is 0 Å². The van der Waals surface area contributed by atoms with Gasteiger partial charge in [-0.15, -0.1) is 4.40 Å². The first kappa shape index (κ1) is 23.4. The molecule has 0 unspecified atom stereocenters. The largest absolute Gasteiger partial charge is 0.497 e. The number of hydrogen-bond donors (Lipinski definition) is 1. The second-order valence-electron chi connectivity index (χ2n) is 6.63. The third-order valence-electron chi connectivity index (χ3n) is 4.39. The van der Waals surface area contributed by atoms with Crippen LogP contribution in [0.4, 0.5) is 5.69 Å². The SMILES string of the molecule is COc1ccc(S(=O)(=O)/N=C(\C=C\c2ccccc2)NC(=O)c2ccc([N+](=O)[O-])cc2)cc1. The van der Waals surface area contributed by atoms with E-state index < -0.39 is 20.9 Å². The molecule has 1 amide bonds. The highest BCUT2D eigenvalue weighted by atomic mass is 32.2. The highest BCUT2D eigenvalue weighted by Crippen LogP contribution is 2.18. The van der Waals surface area contributed by atoms with Crippen molar-refractivity contribution in [3.63, 3.8) is 0 Å². The topological polar surface area (TPSA) is 128 Å².